The van der Waals surface area contributed by atoms with E-state index in [1.54, 1.807) is 0 Å². The van der Waals surface area contributed by atoms with Crippen LogP contribution in [0.3, 0.4) is 0 Å². The predicted molar refractivity (Wildman–Crippen MR) is 292 cm³/mol. The van der Waals surface area contributed by atoms with E-state index in [0.717, 1.165) is 50.7 Å². The zero-order chi connectivity index (χ0) is 45.7. The second kappa shape index (κ2) is 16.9. The van der Waals surface area contributed by atoms with Crippen molar-refractivity contribution in [3.63, 3.8) is 0 Å². The minimum Gasteiger partial charge on any atom is -0.309 e. The fourth-order valence-corrected chi connectivity index (χ4v) is 10.5. The third kappa shape index (κ3) is 6.99. The zero-order valence-electron chi connectivity index (χ0n) is 37.8. The summed E-state index contributed by atoms with van der Waals surface area (Å²) in [6.07, 6.45) is 0. The van der Waals surface area contributed by atoms with Gasteiger partial charge in [0.05, 0.1) is 27.8 Å². The Morgan fingerprint density at radius 2 is 0.565 bits per heavy atom. The first-order chi connectivity index (χ1) is 34.2. The Morgan fingerprint density at radius 1 is 0.232 bits per heavy atom. The minimum atomic E-state index is 1.07. The lowest BCUT2D eigenvalue weighted by Crippen LogP contribution is -2.12. The summed E-state index contributed by atoms with van der Waals surface area (Å²) >= 11 is 0. The topological polar surface area (TPSA) is 13.1 Å². The summed E-state index contributed by atoms with van der Waals surface area (Å²) in [5.41, 5.74) is 19.5. The van der Waals surface area contributed by atoms with E-state index < -0.39 is 0 Å². The number of hydrogen-bond acceptors (Lipinski definition) is 1. The molecule has 0 bridgehead atoms. The molecular weight excluding hydrogens is 835 g/mol. The van der Waals surface area contributed by atoms with Crippen molar-refractivity contribution >= 4 is 60.7 Å². The van der Waals surface area contributed by atoms with E-state index in [1.807, 2.05) is 0 Å². The highest BCUT2D eigenvalue weighted by Crippen LogP contribution is 2.49. The van der Waals surface area contributed by atoms with E-state index in [0.29, 0.717) is 0 Å². The highest BCUT2D eigenvalue weighted by molar-refractivity contribution is 6.13. The van der Waals surface area contributed by atoms with E-state index in [9.17, 15) is 0 Å². The summed E-state index contributed by atoms with van der Waals surface area (Å²) in [6.45, 7) is 0. The molecule has 11 aromatic carbocycles. The van der Waals surface area contributed by atoms with E-state index in [1.165, 1.54) is 65.9 Å². The molecule has 324 valence electrons. The first-order valence-electron chi connectivity index (χ1n) is 23.7. The van der Waals surface area contributed by atoms with Gasteiger partial charge in [-0.15, -0.1) is 0 Å². The van der Waals surface area contributed by atoms with Crippen molar-refractivity contribution in [3.8, 4) is 55.9 Å². The van der Waals surface area contributed by atoms with Gasteiger partial charge in [-0.05, 0) is 118 Å². The number of anilines is 3. The van der Waals surface area contributed by atoms with Gasteiger partial charge in [0.25, 0.3) is 0 Å². The second-order valence-corrected chi connectivity index (χ2v) is 17.7. The first-order valence-corrected chi connectivity index (χ1v) is 23.7. The van der Waals surface area contributed by atoms with Gasteiger partial charge in [-0.2, -0.15) is 0 Å². The van der Waals surface area contributed by atoms with Crippen molar-refractivity contribution in [3.05, 3.63) is 273 Å². The number of para-hydroxylation sites is 5. The quantitative estimate of drug-likeness (QED) is 0.141. The van der Waals surface area contributed by atoms with E-state index >= 15 is 0 Å². The Balaban J connectivity index is 1.08. The monoisotopic (exact) mass is 879 g/mol. The van der Waals surface area contributed by atoms with Gasteiger partial charge >= 0.3 is 0 Å². The molecule has 0 fully saturated rings. The first kappa shape index (κ1) is 40.1. The van der Waals surface area contributed by atoms with Crippen LogP contribution in [0.5, 0.6) is 0 Å². The molecule has 0 aliphatic heterocycles. The number of benzene rings is 11. The summed E-state index contributed by atoms with van der Waals surface area (Å²) in [7, 11) is 0. The van der Waals surface area contributed by atoms with Crippen molar-refractivity contribution in [1.29, 1.82) is 0 Å². The Kier molecular flexibility index (Phi) is 9.84. The van der Waals surface area contributed by atoms with Crippen molar-refractivity contribution in [1.82, 2.24) is 9.13 Å². The fraction of sp³-hybridized carbons (Fsp3) is 0. The van der Waals surface area contributed by atoms with Gasteiger partial charge < -0.3 is 14.0 Å². The molecule has 69 heavy (non-hydrogen) atoms. The third-order valence-electron chi connectivity index (χ3n) is 13.7. The van der Waals surface area contributed by atoms with Crippen LogP contribution in [0, 0.1) is 0 Å². The van der Waals surface area contributed by atoms with Gasteiger partial charge in [0, 0.05) is 55.4 Å². The van der Waals surface area contributed by atoms with Crippen LogP contribution in [-0.4, -0.2) is 9.13 Å². The van der Waals surface area contributed by atoms with Crippen LogP contribution in [0.4, 0.5) is 17.1 Å². The van der Waals surface area contributed by atoms with E-state index in [-0.39, 0.29) is 0 Å². The van der Waals surface area contributed by atoms with Crippen LogP contribution >= 0.6 is 0 Å². The SMILES string of the molecule is c1ccc(-c2ccc(N(c3ccc(-c4ccccc4)cc3)c3c(-c4ccc5c(c4)c4ccccc4n5-c4ccccc4)cccc3-c3ccc4c(c3)c3ccccc3n4-c3ccccc3)cc2)cc1. The Hall–Kier alpha value is -9.18. The van der Waals surface area contributed by atoms with Crippen molar-refractivity contribution in [2.45, 2.75) is 0 Å². The number of fused-ring (bicyclic) bond motifs is 6. The molecule has 0 spiro atoms. The van der Waals surface area contributed by atoms with Crippen LogP contribution in [0.15, 0.2) is 273 Å². The van der Waals surface area contributed by atoms with Gasteiger partial charge in [0.1, 0.15) is 0 Å². The molecule has 13 aromatic rings. The maximum absolute atomic E-state index is 2.48. The zero-order valence-corrected chi connectivity index (χ0v) is 37.8. The third-order valence-corrected chi connectivity index (χ3v) is 13.7. The summed E-state index contributed by atoms with van der Waals surface area (Å²) in [5.74, 6) is 0. The number of nitrogens with zero attached hydrogens (tertiary/aromatic N) is 3. The lowest BCUT2D eigenvalue weighted by atomic mass is 9.92. The van der Waals surface area contributed by atoms with Crippen LogP contribution < -0.4 is 4.90 Å². The van der Waals surface area contributed by atoms with Crippen molar-refractivity contribution in [2.75, 3.05) is 4.90 Å². The van der Waals surface area contributed by atoms with E-state index in [4.69, 9.17) is 0 Å². The molecule has 0 N–H and O–H groups in total. The maximum atomic E-state index is 2.48. The van der Waals surface area contributed by atoms with Crippen LogP contribution in [0.2, 0.25) is 0 Å². The average molecular weight is 880 g/mol. The average Bonchev–Trinajstić information content (AvgIpc) is 3.94. The summed E-state index contributed by atoms with van der Waals surface area (Å²) in [4.78, 5) is 2.48. The summed E-state index contributed by atoms with van der Waals surface area (Å²) in [5, 5.41) is 4.87. The van der Waals surface area contributed by atoms with Crippen molar-refractivity contribution in [2.24, 2.45) is 0 Å². The summed E-state index contributed by atoms with van der Waals surface area (Å²) < 4.78 is 4.78. The predicted octanol–water partition coefficient (Wildman–Crippen LogP) is 18.0. The molecule has 13 rings (SSSR count). The molecule has 0 saturated heterocycles. The molecule has 2 heterocycles. The highest BCUT2D eigenvalue weighted by atomic mass is 15.1. The second-order valence-electron chi connectivity index (χ2n) is 17.7. The number of aromatic nitrogens is 2. The molecule has 0 atom stereocenters. The van der Waals surface area contributed by atoms with Gasteiger partial charge in [0.2, 0.25) is 0 Å². The molecule has 0 amide bonds. The minimum absolute atomic E-state index is 1.07. The molecule has 0 saturated carbocycles. The van der Waals surface area contributed by atoms with Gasteiger partial charge in [-0.1, -0.05) is 188 Å². The van der Waals surface area contributed by atoms with E-state index in [2.05, 4.69) is 287 Å². The van der Waals surface area contributed by atoms with Crippen LogP contribution in [0.25, 0.3) is 99.5 Å². The van der Waals surface area contributed by atoms with Gasteiger partial charge in [0.15, 0.2) is 0 Å². The molecule has 0 aliphatic carbocycles. The normalized spacial score (nSPS) is 11.5. The van der Waals surface area contributed by atoms with Crippen LogP contribution in [0.1, 0.15) is 0 Å². The standard InChI is InChI=1S/C66H45N3/c1-5-18-46(19-6-1)48-32-38-54(39-33-48)67(55-40-34-49(35-41-55)47-20-7-2-8-21-47)66-56(50-36-42-64-60(44-50)58-26-13-15-30-62(58)68(64)52-22-9-3-10-23-52)28-17-29-57(66)51-37-43-65-61(45-51)59-27-14-16-31-63(59)69(65)53-24-11-4-12-25-53/h1-45H. The Bertz CT molecular complexity index is 3710. The van der Waals surface area contributed by atoms with Crippen LogP contribution in [-0.2, 0) is 0 Å². The molecular formula is C66H45N3. The van der Waals surface area contributed by atoms with Crippen molar-refractivity contribution < 1.29 is 0 Å². The largest absolute Gasteiger partial charge is 0.309 e. The molecule has 0 aliphatic rings. The molecule has 3 heteroatoms. The Labute approximate surface area is 401 Å². The summed E-state index contributed by atoms with van der Waals surface area (Å²) in [6, 6.07) is 99.3. The smallest absolute Gasteiger partial charge is 0.0618 e. The number of hydrogen-bond donors (Lipinski definition) is 0. The highest BCUT2D eigenvalue weighted by Gasteiger charge is 2.24. The fourth-order valence-electron chi connectivity index (χ4n) is 10.5. The maximum Gasteiger partial charge on any atom is 0.0618 e. The van der Waals surface area contributed by atoms with Gasteiger partial charge in [-0.25, -0.2) is 0 Å². The molecule has 0 radical (unpaired) electrons. The lowest BCUT2D eigenvalue weighted by Gasteiger charge is -2.31. The molecule has 2 aromatic heterocycles. The molecule has 3 nitrogen and oxygen atoms in total. The Morgan fingerprint density at radius 3 is 0.986 bits per heavy atom. The lowest BCUT2D eigenvalue weighted by molar-refractivity contribution is 1.18. The molecule has 0 unspecified atom stereocenters. The van der Waals surface area contributed by atoms with Gasteiger partial charge in [-0.3, -0.25) is 0 Å². The number of rotatable bonds is 9.